The predicted octanol–water partition coefficient (Wildman–Crippen LogP) is -10.9. The summed E-state index contributed by atoms with van der Waals surface area (Å²) in [5, 5.41) is 0. The molecular weight excluding hydrogens is 297 g/mol. The summed E-state index contributed by atoms with van der Waals surface area (Å²) in [6.45, 7) is 0. The van der Waals surface area contributed by atoms with Crippen LogP contribution < -0.4 is 29.6 Å². The topological polar surface area (TPSA) is 318 Å². The molecule has 0 aromatic rings. The molecule has 14 heteroatoms. The average Bonchev–Trinajstić information content (AvgIpc) is 1.36. The van der Waals surface area contributed by atoms with Gasteiger partial charge in [-0.2, -0.15) is 0 Å². The van der Waals surface area contributed by atoms with Gasteiger partial charge in [0.1, 0.15) is 0 Å². The first kappa shape index (κ1) is 152. The Hall–Kier alpha value is 0.710. The van der Waals surface area contributed by atoms with Crippen LogP contribution in [0.4, 0.5) is 0 Å². The number of hydrogen-bond acceptors (Lipinski definition) is 2. The van der Waals surface area contributed by atoms with Gasteiger partial charge in [0.25, 0.3) is 0 Å². The Kier molecular flexibility index (Phi) is 817. The number of hydrogen-bond donors (Lipinski definition) is 0. The maximum atomic E-state index is 4.56. The fraction of sp³-hybridized carbons (Fsp3) is 0.667. The van der Waals surface area contributed by atoms with Crippen molar-refractivity contribution < 1.29 is 84.3 Å². The van der Waals surface area contributed by atoms with Gasteiger partial charge in [0.15, 0.2) is 0 Å². The van der Waals surface area contributed by atoms with Crippen molar-refractivity contribution >= 4 is 29.2 Å². The van der Waals surface area contributed by atoms with E-state index in [1.54, 1.807) is 4.90 Å². The molecule has 0 aromatic carbocycles. The van der Waals surface area contributed by atoms with Gasteiger partial charge in [-0.15, -0.1) is 0 Å². The van der Waals surface area contributed by atoms with Crippen LogP contribution in [0.1, 0.15) is 0 Å². The van der Waals surface area contributed by atoms with Gasteiger partial charge in [-0.05, 0) is 0 Å². The Morgan fingerprint density at radius 3 is 0.765 bits per heavy atom. The van der Waals surface area contributed by atoms with E-state index in [4.69, 9.17) is 0 Å². The van der Waals surface area contributed by atoms with E-state index in [0.29, 0.717) is 4.32 Å². The minimum Gasteiger partial charge on any atom is -0.412 e. The van der Waals surface area contributed by atoms with E-state index in [1.165, 1.54) is 0 Å². The molecule has 0 fully saturated rings. The molecule has 0 amide bonds. The standard InChI is InChI=1S/C3H7NS2.Na.10H2O/c1-4(2)3(5)6;;;;;;;;;;;/h1-2H3,(H,5,6);;10*1H2/q;+1;;;;;;;;;;/p-1. The maximum absolute atomic E-state index is 4.56. The first-order chi connectivity index (χ1) is 2.64. The second kappa shape index (κ2) is 91.6. The van der Waals surface area contributed by atoms with Crippen LogP contribution in [0, 0.1) is 0 Å². The third-order valence-corrected chi connectivity index (χ3v) is 1.10. The zero-order valence-electron chi connectivity index (χ0n) is 9.76. The summed E-state index contributed by atoms with van der Waals surface area (Å²) in [4.78, 5) is 1.71. The van der Waals surface area contributed by atoms with Crippen LogP contribution in [0.25, 0.3) is 0 Å². The molecule has 11 nitrogen and oxygen atoms in total. The zero-order chi connectivity index (χ0) is 5.15. The van der Waals surface area contributed by atoms with Crippen molar-refractivity contribution in [3.63, 3.8) is 0 Å². The van der Waals surface area contributed by atoms with Crippen molar-refractivity contribution in [2.24, 2.45) is 0 Å². The van der Waals surface area contributed by atoms with Gasteiger partial charge in [0, 0.05) is 14.1 Å². The maximum Gasteiger partial charge on any atom is 1.00 e. The normalized spacial score (nSPS) is 2.71. The molecule has 0 aliphatic rings. The number of nitrogens with zero attached hydrogens (tertiary/aromatic N) is 1. The Labute approximate surface area is 132 Å². The van der Waals surface area contributed by atoms with Crippen molar-refractivity contribution in [2.45, 2.75) is 0 Å². The van der Waals surface area contributed by atoms with Gasteiger partial charge in [-0.25, -0.2) is 0 Å². The van der Waals surface area contributed by atoms with E-state index < -0.39 is 0 Å². The SMILES string of the molecule is CN(C)C(=S)[S-].O.O.O.O.O.O.O.O.O.O.[Na+]. The molecule has 0 aliphatic carbocycles. The van der Waals surface area contributed by atoms with Crippen LogP contribution >= 0.6 is 12.2 Å². The monoisotopic (exact) mass is 323 g/mol. The first-order valence-electron chi connectivity index (χ1n) is 1.53. The van der Waals surface area contributed by atoms with Crippen molar-refractivity contribution in [2.75, 3.05) is 14.1 Å². The van der Waals surface area contributed by atoms with Gasteiger partial charge < -0.3 is 84.5 Å². The Morgan fingerprint density at radius 2 is 0.765 bits per heavy atom. The van der Waals surface area contributed by atoms with Gasteiger partial charge in [-0.3, -0.25) is 0 Å². The van der Waals surface area contributed by atoms with Crippen LogP contribution in [0.15, 0.2) is 0 Å². The Morgan fingerprint density at radius 1 is 0.706 bits per heavy atom. The Bertz CT molecular complexity index is 80.6. The molecule has 0 bridgehead atoms. The van der Waals surface area contributed by atoms with Gasteiger partial charge >= 0.3 is 29.6 Å². The van der Waals surface area contributed by atoms with Crippen LogP contribution in [-0.2, 0) is 12.6 Å². The number of rotatable bonds is 0. The molecule has 17 heavy (non-hydrogen) atoms. The van der Waals surface area contributed by atoms with Crippen molar-refractivity contribution in [1.29, 1.82) is 0 Å². The molecule has 0 unspecified atom stereocenters. The van der Waals surface area contributed by atoms with E-state index >= 15 is 0 Å². The van der Waals surface area contributed by atoms with Crippen molar-refractivity contribution in [1.82, 2.24) is 4.90 Å². The fourth-order valence-corrected chi connectivity index (χ4v) is 0. The second-order valence-electron chi connectivity index (χ2n) is 1.16. The van der Waals surface area contributed by atoms with Crippen LogP contribution in [0.5, 0.6) is 0 Å². The molecule has 116 valence electrons. The largest absolute Gasteiger partial charge is 1.00 e. The molecular formula is C3H26NNaO10S2. The van der Waals surface area contributed by atoms with Gasteiger partial charge in [-0.1, -0.05) is 4.32 Å². The molecule has 0 atom stereocenters. The van der Waals surface area contributed by atoms with E-state index in [2.05, 4.69) is 24.8 Å². The molecule has 0 saturated heterocycles. The van der Waals surface area contributed by atoms with Crippen molar-refractivity contribution in [3.8, 4) is 0 Å². The van der Waals surface area contributed by atoms with E-state index in [1.807, 2.05) is 14.1 Å². The van der Waals surface area contributed by atoms with Gasteiger partial charge in [0.2, 0.25) is 0 Å². The minimum atomic E-state index is 0. The molecule has 0 radical (unpaired) electrons. The fourth-order valence-electron chi connectivity index (χ4n) is 0. The smallest absolute Gasteiger partial charge is 0.412 e. The van der Waals surface area contributed by atoms with Crippen LogP contribution in [0.3, 0.4) is 0 Å². The summed E-state index contributed by atoms with van der Waals surface area (Å²) in [6, 6.07) is 0. The summed E-state index contributed by atoms with van der Waals surface area (Å²) in [7, 11) is 3.66. The summed E-state index contributed by atoms with van der Waals surface area (Å²) in [5.41, 5.74) is 0. The van der Waals surface area contributed by atoms with Crippen molar-refractivity contribution in [3.05, 3.63) is 0 Å². The molecule has 0 rings (SSSR count). The molecule has 0 saturated carbocycles. The van der Waals surface area contributed by atoms with E-state index in [9.17, 15) is 0 Å². The summed E-state index contributed by atoms with van der Waals surface area (Å²) in [5.74, 6) is 0. The predicted molar refractivity (Wildman–Crippen MR) is 69.8 cm³/mol. The summed E-state index contributed by atoms with van der Waals surface area (Å²) < 4.78 is 0.509. The molecule has 0 aliphatic heterocycles. The minimum absolute atomic E-state index is 0. The summed E-state index contributed by atoms with van der Waals surface area (Å²) >= 11 is 9.12. The second-order valence-corrected chi connectivity index (χ2v) is 2.19. The third-order valence-electron chi connectivity index (χ3n) is 0.365. The quantitative estimate of drug-likeness (QED) is 0.238. The Balaban J connectivity index is -0.00000000227. The van der Waals surface area contributed by atoms with E-state index in [-0.39, 0.29) is 84.3 Å². The number of thiocarbonyl (C=S) groups is 1. The zero-order valence-corrected chi connectivity index (χ0v) is 13.4. The first-order valence-corrected chi connectivity index (χ1v) is 2.34. The van der Waals surface area contributed by atoms with E-state index in [0.717, 1.165) is 0 Å². The third kappa shape index (κ3) is 163. The average molecular weight is 323 g/mol. The molecule has 0 spiro atoms. The molecule has 20 N–H and O–H groups in total. The molecule has 0 aromatic heterocycles. The molecule has 0 heterocycles. The summed E-state index contributed by atoms with van der Waals surface area (Å²) in [6.07, 6.45) is 0. The van der Waals surface area contributed by atoms with Crippen LogP contribution in [0.2, 0.25) is 0 Å². The van der Waals surface area contributed by atoms with Gasteiger partial charge in [0.05, 0.1) is 0 Å². The van der Waals surface area contributed by atoms with Crippen LogP contribution in [-0.4, -0.2) is 78.1 Å².